The number of anilines is 2. The molecule has 0 aliphatic carbocycles. The van der Waals surface area contributed by atoms with Gasteiger partial charge in [-0.05, 0) is 56.9 Å². The fourth-order valence-corrected chi connectivity index (χ4v) is 3.07. The van der Waals surface area contributed by atoms with E-state index in [1.807, 2.05) is 39.0 Å². The maximum Gasteiger partial charge on any atom is 0.229 e. The van der Waals surface area contributed by atoms with Crippen molar-refractivity contribution in [3.05, 3.63) is 47.3 Å². The van der Waals surface area contributed by atoms with E-state index in [2.05, 4.69) is 26.3 Å². The summed E-state index contributed by atoms with van der Waals surface area (Å²) in [5, 5.41) is 3.10. The van der Waals surface area contributed by atoms with Crippen LogP contribution in [-0.2, 0) is 4.79 Å². The number of benzene rings is 1. The fraction of sp³-hybridized carbons (Fsp3) is 0.421. The summed E-state index contributed by atoms with van der Waals surface area (Å²) in [6.07, 6.45) is 3.65. The summed E-state index contributed by atoms with van der Waals surface area (Å²) < 4.78 is 0. The molecule has 0 radical (unpaired) electrons. The lowest BCUT2D eigenvalue weighted by molar-refractivity contribution is -0.120. The molecule has 1 N–H and O–H groups in total. The highest BCUT2D eigenvalue weighted by Gasteiger charge is 2.27. The molecule has 5 heteroatoms. The Morgan fingerprint density at radius 2 is 2.08 bits per heavy atom. The Labute approximate surface area is 143 Å². The van der Waals surface area contributed by atoms with Crippen LogP contribution in [0, 0.1) is 26.7 Å². The molecule has 1 aliphatic rings. The average Bonchev–Trinajstić information content (AvgIpc) is 2.58. The van der Waals surface area contributed by atoms with Gasteiger partial charge in [0.05, 0.1) is 5.92 Å². The number of piperidine rings is 1. The average molecular weight is 324 g/mol. The molecular formula is C19H24N4O. The first kappa shape index (κ1) is 16.4. The Kier molecular flexibility index (Phi) is 4.79. The molecule has 1 amide bonds. The number of hydrogen-bond acceptors (Lipinski definition) is 4. The minimum atomic E-state index is -0.0391. The van der Waals surface area contributed by atoms with Gasteiger partial charge in [0, 0.05) is 30.7 Å². The number of carbonyl (C=O) groups is 1. The van der Waals surface area contributed by atoms with Crippen molar-refractivity contribution in [1.82, 2.24) is 9.97 Å². The van der Waals surface area contributed by atoms with E-state index in [1.54, 1.807) is 6.20 Å². The van der Waals surface area contributed by atoms with Crippen LogP contribution in [0.3, 0.4) is 0 Å². The normalized spacial score (nSPS) is 17.6. The number of rotatable bonds is 3. The zero-order chi connectivity index (χ0) is 17.1. The van der Waals surface area contributed by atoms with Crippen LogP contribution in [-0.4, -0.2) is 29.0 Å². The molecule has 1 saturated heterocycles. The van der Waals surface area contributed by atoms with Gasteiger partial charge in [-0.25, -0.2) is 9.97 Å². The highest BCUT2D eigenvalue weighted by molar-refractivity contribution is 5.93. The molecule has 1 fully saturated rings. The van der Waals surface area contributed by atoms with Gasteiger partial charge in [-0.15, -0.1) is 0 Å². The Morgan fingerprint density at radius 3 is 2.88 bits per heavy atom. The predicted molar refractivity (Wildman–Crippen MR) is 96.3 cm³/mol. The smallest absolute Gasteiger partial charge is 0.229 e. The Hall–Kier alpha value is -2.43. The zero-order valence-electron chi connectivity index (χ0n) is 14.5. The third-order valence-electron chi connectivity index (χ3n) is 4.51. The van der Waals surface area contributed by atoms with Crippen LogP contribution in [0.15, 0.2) is 30.5 Å². The van der Waals surface area contributed by atoms with Crippen LogP contribution >= 0.6 is 0 Å². The van der Waals surface area contributed by atoms with Crippen LogP contribution in [0.4, 0.5) is 11.6 Å². The standard InChI is InChI=1S/C19H24N4O/c1-13-6-7-14(2)17(11-13)22-18(24)16-5-4-10-23(12-16)19-20-9-8-15(3)21-19/h6-9,11,16H,4-5,10,12H2,1-3H3,(H,22,24)/t16-/m0/s1. The van der Waals surface area contributed by atoms with Gasteiger partial charge in [-0.3, -0.25) is 4.79 Å². The van der Waals surface area contributed by atoms with Crippen molar-refractivity contribution in [3.63, 3.8) is 0 Å². The van der Waals surface area contributed by atoms with Crippen molar-refractivity contribution in [2.24, 2.45) is 5.92 Å². The molecule has 24 heavy (non-hydrogen) atoms. The number of aryl methyl sites for hydroxylation is 3. The number of amides is 1. The van der Waals surface area contributed by atoms with Gasteiger partial charge in [0.25, 0.3) is 0 Å². The molecule has 0 bridgehead atoms. The lowest BCUT2D eigenvalue weighted by Gasteiger charge is -2.32. The molecule has 1 aliphatic heterocycles. The summed E-state index contributed by atoms with van der Waals surface area (Å²) in [5.41, 5.74) is 4.09. The largest absolute Gasteiger partial charge is 0.340 e. The van der Waals surface area contributed by atoms with E-state index in [-0.39, 0.29) is 11.8 Å². The summed E-state index contributed by atoms with van der Waals surface area (Å²) in [6.45, 7) is 7.58. The van der Waals surface area contributed by atoms with E-state index in [1.165, 1.54) is 0 Å². The van der Waals surface area contributed by atoms with Gasteiger partial charge >= 0.3 is 0 Å². The number of hydrogen-bond donors (Lipinski definition) is 1. The van der Waals surface area contributed by atoms with Crippen molar-refractivity contribution in [1.29, 1.82) is 0 Å². The van der Waals surface area contributed by atoms with Crippen LogP contribution in [0.1, 0.15) is 29.7 Å². The van der Waals surface area contributed by atoms with E-state index >= 15 is 0 Å². The minimum absolute atomic E-state index is 0.0391. The number of nitrogens with zero attached hydrogens (tertiary/aromatic N) is 3. The molecular weight excluding hydrogens is 300 g/mol. The third kappa shape index (κ3) is 3.72. The van der Waals surface area contributed by atoms with E-state index in [0.717, 1.165) is 47.8 Å². The van der Waals surface area contributed by atoms with Crippen molar-refractivity contribution in [2.75, 3.05) is 23.3 Å². The monoisotopic (exact) mass is 324 g/mol. The van der Waals surface area contributed by atoms with E-state index < -0.39 is 0 Å². The lowest BCUT2D eigenvalue weighted by atomic mass is 9.97. The second-order valence-corrected chi connectivity index (χ2v) is 6.59. The molecule has 0 saturated carbocycles. The van der Waals surface area contributed by atoms with Crippen LogP contribution in [0.2, 0.25) is 0 Å². The first-order valence-electron chi connectivity index (χ1n) is 8.45. The van der Waals surface area contributed by atoms with E-state index in [4.69, 9.17) is 0 Å². The van der Waals surface area contributed by atoms with E-state index in [0.29, 0.717) is 6.54 Å². The third-order valence-corrected chi connectivity index (χ3v) is 4.51. The number of carbonyl (C=O) groups excluding carboxylic acids is 1. The maximum absolute atomic E-state index is 12.7. The van der Waals surface area contributed by atoms with Gasteiger partial charge in [-0.2, -0.15) is 0 Å². The summed E-state index contributed by atoms with van der Waals surface area (Å²) in [4.78, 5) is 23.6. The second kappa shape index (κ2) is 6.99. The van der Waals surface area contributed by atoms with Crippen LogP contribution in [0.5, 0.6) is 0 Å². The first-order valence-corrected chi connectivity index (χ1v) is 8.45. The molecule has 1 aromatic heterocycles. The molecule has 2 aromatic rings. The predicted octanol–water partition coefficient (Wildman–Crippen LogP) is 3.26. The SMILES string of the molecule is Cc1ccc(C)c(NC(=O)[C@H]2CCCN(c3nccc(C)n3)C2)c1. The van der Waals surface area contributed by atoms with E-state index in [9.17, 15) is 4.79 Å². The first-order chi connectivity index (χ1) is 11.5. The Bertz CT molecular complexity index is 744. The molecule has 0 spiro atoms. The van der Waals surface area contributed by atoms with Crippen molar-refractivity contribution in [3.8, 4) is 0 Å². The van der Waals surface area contributed by atoms with Gasteiger partial charge in [-0.1, -0.05) is 12.1 Å². The highest BCUT2D eigenvalue weighted by Crippen LogP contribution is 2.23. The summed E-state index contributed by atoms with van der Waals surface area (Å²) in [6, 6.07) is 8.01. The summed E-state index contributed by atoms with van der Waals surface area (Å²) in [5.74, 6) is 0.767. The molecule has 1 aromatic carbocycles. The second-order valence-electron chi connectivity index (χ2n) is 6.59. The number of aromatic nitrogens is 2. The van der Waals surface area contributed by atoms with Crippen molar-refractivity contribution >= 4 is 17.5 Å². The van der Waals surface area contributed by atoms with Crippen LogP contribution < -0.4 is 10.2 Å². The maximum atomic E-state index is 12.7. The number of nitrogens with one attached hydrogen (secondary N) is 1. The highest BCUT2D eigenvalue weighted by atomic mass is 16.1. The molecule has 5 nitrogen and oxygen atoms in total. The molecule has 1 atom stereocenters. The van der Waals surface area contributed by atoms with Crippen LogP contribution in [0.25, 0.3) is 0 Å². The lowest BCUT2D eigenvalue weighted by Crippen LogP contribution is -2.41. The molecule has 2 heterocycles. The quantitative estimate of drug-likeness (QED) is 0.941. The van der Waals surface area contributed by atoms with Gasteiger partial charge in [0.1, 0.15) is 0 Å². The topological polar surface area (TPSA) is 58.1 Å². The molecule has 126 valence electrons. The Morgan fingerprint density at radius 1 is 1.25 bits per heavy atom. The summed E-state index contributed by atoms with van der Waals surface area (Å²) >= 11 is 0. The van der Waals surface area contributed by atoms with Gasteiger partial charge < -0.3 is 10.2 Å². The molecule has 0 unspecified atom stereocenters. The van der Waals surface area contributed by atoms with Gasteiger partial charge in [0.15, 0.2) is 0 Å². The van der Waals surface area contributed by atoms with Crippen molar-refractivity contribution in [2.45, 2.75) is 33.6 Å². The molecule has 3 rings (SSSR count). The van der Waals surface area contributed by atoms with Crippen molar-refractivity contribution < 1.29 is 4.79 Å². The zero-order valence-corrected chi connectivity index (χ0v) is 14.5. The Balaban J connectivity index is 1.70. The summed E-state index contributed by atoms with van der Waals surface area (Å²) in [7, 11) is 0. The minimum Gasteiger partial charge on any atom is -0.340 e. The fourth-order valence-electron chi connectivity index (χ4n) is 3.07. The van der Waals surface area contributed by atoms with Gasteiger partial charge in [0.2, 0.25) is 11.9 Å².